The van der Waals surface area contributed by atoms with Crippen molar-refractivity contribution in [3.8, 4) is 11.1 Å². The van der Waals surface area contributed by atoms with Crippen LogP contribution in [-0.4, -0.2) is 45.3 Å². The van der Waals surface area contributed by atoms with Crippen molar-refractivity contribution in [2.75, 3.05) is 26.2 Å². The summed E-state index contributed by atoms with van der Waals surface area (Å²) in [7, 11) is 3.95. The minimum absolute atomic E-state index is 0.0928. The first-order valence-electron chi connectivity index (χ1n) is 14.5. The van der Waals surface area contributed by atoms with Gasteiger partial charge in [0.1, 0.15) is 5.70 Å². The van der Waals surface area contributed by atoms with Crippen LogP contribution in [0, 0.1) is 0 Å². The predicted molar refractivity (Wildman–Crippen MR) is 171 cm³/mol. The number of allylic oxidation sites excluding steroid dienone is 2. The van der Waals surface area contributed by atoms with Crippen molar-refractivity contribution in [3.05, 3.63) is 148 Å². The van der Waals surface area contributed by atoms with Crippen molar-refractivity contribution in [2.45, 2.75) is 11.5 Å². The number of hydrogen-bond acceptors (Lipinski definition) is 7. The van der Waals surface area contributed by atoms with Crippen LogP contribution in [0.2, 0.25) is 0 Å². The molecule has 2 unspecified atom stereocenters. The third kappa shape index (κ3) is 3.93. The van der Waals surface area contributed by atoms with Gasteiger partial charge in [-0.3, -0.25) is 0 Å². The molecule has 1 aliphatic carbocycles. The summed E-state index contributed by atoms with van der Waals surface area (Å²) >= 11 is 0. The van der Waals surface area contributed by atoms with Crippen LogP contribution in [0.25, 0.3) is 22.8 Å². The van der Waals surface area contributed by atoms with Crippen LogP contribution >= 0.6 is 0 Å². The standard InChI is InChI=1S/C38H29NO6/c1-43-35(40)27-16-11-18-29-32(27)26-15-7-9-17-28(26)38(29)31-22-24(21-20-23-12-5-4-6-13-23)25-14-8-10-19-30(25)39(31)34(37(42)45-3)33(38)36(41)44-2/h4-22,31H,1-3H3/b21-20+. The Hall–Kier alpha value is -5.69. The van der Waals surface area contributed by atoms with E-state index in [1.54, 1.807) is 12.1 Å². The minimum atomic E-state index is -1.24. The summed E-state index contributed by atoms with van der Waals surface area (Å²) in [5, 5.41) is 0. The van der Waals surface area contributed by atoms with Crippen LogP contribution in [0.3, 0.4) is 0 Å². The molecule has 0 radical (unpaired) electrons. The molecule has 7 rings (SSSR count). The van der Waals surface area contributed by atoms with Crippen molar-refractivity contribution >= 4 is 35.2 Å². The molecule has 2 aliphatic heterocycles. The Balaban J connectivity index is 1.62. The summed E-state index contributed by atoms with van der Waals surface area (Å²) in [5.74, 6) is -1.83. The second kappa shape index (κ2) is 10.8. The number of benzene rings is 4. The van der Waals surface area contributed by atoms with Gasteiger partial charge in [0.25, 0.3) is 0 Å². The maximum absolute atomic E-state index is 14.1. The molecule has 2 heterocycles. The molecule has 7 heteroatoms. The first kappa shape index (κ1) is 28.1. The minimum Gasteiger partial charge on any atom is -0.466 e. The molecule has 4 aromatic rings. The fourth-order valence-corrected chi connectivity index (χ4v) is 7.23. The molecule has 0 amide bonds. The Bertz CT molecular complexity index is 1990. The highest BCUT2D eigenvalue weighted by atomic mass is 16.5. The average Bonchev–Trinajstić information content (AvgIpc) is 3.57. The van der Waals surface area contributed by atoms with Crippen molar-refractivity contribution in [2.24, 2.45) is 0 Å². The second-order valence-electron chi connectivity index (χ2n) is 11.0. The number of nitrogens with zero attached hydrogens (tertiary/aromatic N) is 1. The SMILES string of the molecule is COC(=O)C1=C(C(=O)OC)C2(c3ccccc3-c3c(C(=O)OC)cccc32)C2C=C(/C=C/c3ccccc3)c3ccccc3N12. The summed E-state index contributed by atoms with van der Waals surface area (Å²) in [6.45, 7) is 0. The molecular formula is C38H29NO6. The Labute approximate surface area is 260 Å². The lowest BCUT2D eigenvalue weighted by atomic mass is 9.67. The van der Waals surface area contributed by atoms with Crippen LogP contribution in [0.1, 0.15) is 32.6 Å². The summed E-state index contributed by atoms with van der Waals surface area (Å²) in [6, 6.07) is 30.3. The van der Waals surface area contributed by atoms with Gasteiger partial charge in [-0.25, -0.2) is 14.4 Å². The Morgan fingerprint density at radius 3 is 2.04 bits per heavy atom. The molecular weight excluding hydrogens is 566 g/mol. The number of methoxy groups -OCH3 is 3. The maximum atomic E-state index is 14.1. The van der Waals surface area contributed by atoms with Crippen LogP contribution in [0.15, 0.2) is 120 Å². The maximum Gasteiger partial charge on any atom is 0.355 e. The fraction of sp³-hybridized carbons (Fsp3) is 0.132. The third-order valence-corrected chi connectivity index (χ3v) is 8.94. The van der Waals surface area contributed by atoms with Crippen molar-refractivity contribution < 1.29 is 28.6 Å². The number of ether oxygens (including phenoxy) is 3. The highest BCUT2D eigenvalue weighted by Crippen LogP contribution is 2.63. The lowest BCUT2D eigenvalue weighted by Gasteiger charge is -2.41. The normalized spacial score (nSPS) is 19.0. The molecule has 0 aromatic heterocycles. The molecule has 3 aliphatic rings. The van der Waals surface area contributed by atoms with Crippen LogP contribution in [0.4, 0.5) is 5.69 Å². The van der Waals surface area contributed by atoms with E-state index in [1.807, 2.05) is 95.9 Å². The topological polar surface area (TPSA) is 82.1 Å². The van der Waals surface area contributed by atoms with Crippen molar-refractivity contribution in [1.82, 2.24) is 0 Å². The van der Waals surface area contributed by atoms with E-state index in [0.29, 0.717) is 16.7 Å². The highest BCUT2D eigenvalue weighted by Gasteiger charge is 2.63. The second-order valence-corrected chi connectivity index (χ2v) is 11.0. The molecule has 0 bridgehead atoms. The van der Waals surface area contributed by atoms with Gasteiger partial charge < -0.3 is 19.1 Å². The van der Waals surface area contributed by atoms with Gasteiger partial charge in [-0.05, 0) is 40.0 Å². The average molecular weight is 596 g/mol. The predicted octanol–water partition coefficient (Wildman–Crippen LogP) is 6.34. The number of hydrogen-bond donors (Lipinski definition) is 0. The van der Waals surface area contributed by atoms with E-state index in [1.165, 1.54) is 21.3 Å². The Kier molecular flexibility index (Phi) is 6.74. The number of carbonyl (C=O) groups excluding carboxylic acids is 3. The smallest absolute Gasteiger partial charge is 0.355 e. The number of para-hydroxylation sites is 1. The lowest BCUT2D eigenvalue weighted by Crippen LogP contribution is -2.46. The van der Waals surface area contributed by atoms with Gasteiger partial charge in [0.2, 0.25) is 0 Å². The fourth-order valence-electron chi connectivity index (χ4n) is 7.23. The molecule has 1 spiro atoms. The van der Waals surface area contributed by atoms with Crippen molar-refractivity contribution in [1.29, 1.82) is 0 Å². The van der Waals surface area contributed by atoms with Gasteiger partial charge >= 0.3 is 17.9 Å². The van der Waals surface area contributed by atoms with E-state index in [9.17, 15) is 14.4 Å². The summed E-state index contributed by atoms with van der Waals surface area (Å²) in [5.41, 5.74) is 5.83. The molecule has 0 N–H and O–H groups in total. The molecule has 222 valence electrons. The molecule has 0 fully saturated rings. The van der Waals surface area contributed by atoms with E-state index in [2.05, 4.69) is 12.2 Å². The van der Waals surface area contributed by atoms with Crippen LogP contribution in [-0.2, 0) is 29.2 Å². The van der Waals surface area contributed by atoms with E-state index in [4.69, 9.17) is 14.2 Å². The zero-order valence-corrected chi connectivity index (χ0v) is 24.9. The van der Waals surface area contributed by atoms with Gasteiger partial charge in [0.05, 0.1) is 43.9 Å². The lowest BCUT2D eigenvalue weighted by molar-refractivity contribution is -0.139. The van der Waals surface area contributed by atoms with Gasteiger partial charge in [0.15, 0.2) is 0 Å². The number of carbonyl (C=O) groups is 3. The van der Waals surface area contributed by atoms with Gasteiger partial charge in [0, 0.05) is 16.8 Å². The first-order valence-corrected chi connectivity index (χ1v) is 14.5. The molecule has 4 aromatic carbocycles. The van der Waals surface area contributed by atoms with E-state index >= 15 is 0 Å². The summed E-state index contributed by atoms with van der Waals surface area (Å²) < 4.78 is 16.0. The molecule has 0 saturated heterocycles. The summed E-state index contributed by atoms with van der Waals surface area (Å²) in [4.78, 5) is 43.0. The number of esters is 3. The monoisotopic (exact) mass is 595 g/mol. The quantitative estimate of drug-likeness (QED) is 0.197. The summed E-state index contributed by atoms with van der Waals surface area (Å²) in [6.07, 6.45) is 6.19. The number of fused-ring (bicyclic) bond motifs is 9. The Morgan fingerprint density at radius 1 is 0.667 bits per heavy atom. The van der Waals surface area contributed by atoms with Gasteiger partial charge in [-0.2, -0.15) is 0 Å². The van der Waals surface area contributed by atoms with Crippen molar-refractivity contribution in [3.63, 3.8) is 0 Å². The third-order valence-electron chi connectivity index (χ3n) is 8.94. The van der Waals surface area contributed by atoms with Crippen LogP contribution in [0.5, 0.6) is 0 Å². The number of anilines is 1. The zero-order valence-electron chi connectivity index (χ0n) is 24.9. The molecule has 0 saturated carbocycles. The Morgan fingerprint density at radius 2 is 1.31 bits per heavy atom. The molecule has 2 atom stereocenters. The number of rotatable bonds is 5. The first-order chi connectivity index (χ1) is 22.0. The van der Waals surface area contributed by atoms with Gasteiger partial charge in [-0.1, -0.05) is 103 Å². The van der Waals surface area contributed by atoms with E-state index in [0.717, 1.165) is 33.5 Å². The van der Waals surface area contributed by atoms with E-state index in [-0.39, 0.29) is 11.3 Å². The molecule has 45 heavy (non-hydrogen) atoms. The van der Waals surface area contributed by atoms with Gasteiger partial charge in [-0.15, -0.1) is 0 Å². The largest absolute Gasteiger partial charge is 0.466 e. The van der Waals surface area contributed by atoms with Crippen LogP contribution < -0.4 is 4.90 Å². The highest BCUT2D eigenvalue weighted by molar-refractivity contribution is 6.13. The zero-order chi connectivity index (χ0) is 31.3. The van der Waals surface area contributed by atoms with E-state index < -0.39 is 29.4 Å². The molecule has 7 nitrogen and oxygen atoms in total.